The number of aromatic amines is 1. The average Bonchev–Trinajstić information content (AvgIpc) is 2.43. The summed E-state index contributed by atoms with van der Waals surface area (Å²) < 4.78 is 0. The normalized spacial score (nSPS) is 9.79. The molecule has 0 saturated carbocycles. The molecule has 2 aromatic rings. The van der Waals surface area contributed by atoms with Crippen molar-refractivity contribution in [2.24, 2.45) is 5.73 Å². The van der Waals surface area contributed by atoms with Gasteiger partial charge in [0.25, 0.3) is 0 Å². The quantitative estimate of drug-likeness (QED) is 0.743. The van der Waals surface area contributed by atoms with E-state index in [0.29, 0.717) is 5.56 Å². The lowest BCUT2D eigenvalue weighted by Crippen LogP contribution is -2.10. The fourth-order valence-corrected chi connectivity index (χ4v) is 1.51. The van der Waals surface area contributed by atoms with Crippen LogP contribution in [0.3, 0.4) is 0 Å². The Hall–Kier alpha value is -1.48. The van der Waals surface area contributed by atoms with Gasteiger partial charge in [-0.15, -0.1) is 12.4 Å². The molecule has 14 heavy (non-hydrogen) atoms. The molecule has 1 heterocycles. The first kappa shape index (κ1) is 10.6. The zero-order valence-electron chi connectivity index (χ0n) is 7.70. The predicted octanol–water partition coefficient (Wildman–Crippen LogP) is 2.00. The standard InChI is InChI=1S/C10H10N2O.ClH/c1-6-5-8-7(10(11)13)3-2-4-9(8)12-6;/h2-5,12H,1H3,(H2,11,13);1H. The molecule has 1 amide bonds. The van der Waals surface area contributed by atoms with Crippen molar-refractivity contribution in [3.8, 4) is 0 Å². The molecule has 4 heteroatoms. The van der Waals surface area contributed by atoms with Gasteiger partial charge in [-0.1, -0.05) is 6.07 Å². The highest BCUT2D eigenvalue weighted by Crippen LogP contribution is 2.18. The third kappa shape index (κ3) is 1.59. The van der Waals surface area contributed by atoms with E-state index < -0.39 is 0 Å². The highest BCUT2D eigenvalue weighted by atomic mass is 35.5. The molecule has 3 nitrogen and oxygen atoms in total. The number of rotatable bonds is 1. The minimum absolute atomic E-state index is 0. The molecule has 2 rings (SSSR count). The van der Waals surface area contributed by atoms with Gasteiger partial charge in [-0.2, -0.15) is 0 Å². The van der Waals surface area contributed by atoms with Crippen molar-refractivity contribution in [1.82, 2.24) is 4.98 Å². The Morgan fingerprint density at radius 3 is 2.79 bits per heavy atom. The van der Waals surface area contributed by atoms with Gasteiger partial charge in [-0.05, 0) is 25.1 Å². The molecule has 0 unspecified atom stereocenters. The Morgan fingerprint density at radius 2 is 2.14 bits per heavy atom. The fourth-order valence-electron chi connectivity index (χ4n) is 1.51. The van der Waals surface area contributed by atoms with E-state index in [4.69, 9.17) is 5.73 Å². The zero-order valence-corrected chi connectivity index (χ0v) is 8.52. The van der Waals surface area contributed by atoms with E-state index in [1.165, 1.54) is 0 Å². The number of fused-ring (bicyclic) bond motifs is 1. The van der Waals surface area contributed by atoms with Crippen LogP contribution in [0.4, 0.5) is 0 Å². The number of hydrogen-bond acceptors (Lipinski definition) is 1. The van der Waals surface area contributed by atoms with Crippen LogP contribution in [-0.4, -0.2) is 10.9 Å². The number of carbonyl (C=O) groups excluding carboxylic acids is 1. The topological polar surface area (TPSA) is 58.9 Å². The summed E-state index contributed by atoms with van der Waals surface area (Å²) in [6, 6.07) is 7.40. The first-order chi connectivity index (χ1) is 6.18. The number of hydrogen-bond donors (Lipinski definition) is 2. The van der Waals surface area contributed by atoms with Gasteiger partial charge >= 0.3 is 0 Å². The smallest absolute Gasteiger partial charge is 0.249 e. The first-order valence-corrected chi connectivity index (χ1v) is 4.06. The van der Waals surface area contributed by atoms with Crippen molar-refractivity contribution in [2.75, 3.05) is 0 Å². The number of aryl methyl sites for hydroxylation is 1. The van der Waals surface area contributed by atoms with E-state index in [9.17, 15) is 4.79 Å². The van der Waals surface area contributed by atoms with Crippen molar-refractivity contribution in [3.63, 3.8) is 0 Å². The molecule has 0 radical (unpaired) electrons. The van der Waals surface area contributed by atoms with Crippen LogP contribution in [0, 0.1) is 6.92 Å². The molecule has 3 N–H and O–H groups in total. The summed E-state index contributed by atoms with van der Waals surface area (Å²) in [5.74, 6) is -0.385. The highest BCUT2D eigenvalue weighted by molar-refractivity contribution is 6.05. The highest BCUT2D eigenvalue weighted by Gasteiger charge is 2.06. The van der Waals surface area contributed by atoms with Gasteiger partial charge in [0.1, 0.15) is 0 Å². The van der Waals surface area contributed by atoms with Gasteiger partial charge < -0.3 is 10.7 Å². The maximum absolute atomic E-state index is 11.0. The summed E-state index contributed by atoms with van der Waals surface area (Å²) in [5.41, 5.74) is 7.79. The summed E-state index contributed by atoms with van der Waals surface area (Å²) in [4.78, 5) is 14.2. The van der Waals surface area contributed by atoms with Crippen LogP contribution in [0.15, 0.2) is 24.3 Å². The van der Waals surface area contributed by atoms with E-state index in [0.717, 1.165) is 16.6 Å². The predicted molar refractivity (Wildman–Crippen MR) is 58.8 cm³/mol. The number of halogens is 1. The van der Waals surface area contributed by atoms with Crippen LogP contribution in [0.5, 0.6) is 0 Å². The fraction of sp³-hybridized carbons (Fsp3) is 0.100. The lowest BCUT2D eigenvalue weighted by atomic mass is 10.1. The summed E-state index contributed by atoms with van der Waals surface area (Å²) in [6.45, 7) is 1.95. The molecule has 0 spiro atoms. The zero-order chi connectivity index (χ0) is 9.42. The Balaban J connectivity index is 0.000000980. The Morgan fingerprint density at radius 1 is 1.43 bits per heavy atom. The van der Waals surface area contributed by atoms with Crippen LogP contribution in [-0.2, 0) is 0 Å². The second-order valence-electron chi connectivity index (χ2n) is 3.08. The van der Waals surface area contributed by atoms with Gasteiger partial charge in [-0.3, -0.25) is 4.79 Å². The second-order valence-corrected chi connectivity index (χ2v) is 3.08. The Labute approximate surface area is 87.7 Å². The van der Waals surface area contributed by atoms with E-state index in [-0.39, 0.29) is 18.3 Å². The SMILES string of the molecule is Cc1cc2c(C(N)=O)cccc2[nH]1.Cl. The monoisotopic (exact) mass is 210 g/mol. The first-order valence-electron chi connectivity index (χ1n) is 4.06. The third-order valence-electron chi connectivity index (χ3n) is 2.06. The molecule has 74 valence electrons. The van der Waals surface area contributed by atoms with Gasteiger partial charge in [-0.25, -0.2) is 0 Å². The largest absolute Gasteiger partial charge is 0.366 e. The van der Waals surface area contributed by atoms with Crippen LogP contribution in [0.1, 0.15) is 16.1 Å². The minimum atomic E-state index is -0.385. The Bertz CT molecular complexity index is 476. The summed E-state index contributed by atoms with van der Waals surface area (Å²) in [5, 5.41) is 0.896. The molecule has 1 aromatic carbocycles. The molecular weight excluding hydrogens is 200 g/mol. The summed E-state index contributed by atoms with van der Waals surface area (Å²) in [7, 11) is 0. The van der Waals surface area contributed by atoms with Crippen LogP contribution in [0.2, 0.25) is 0 Å². The van der Waals surface area contributed by atoms with E-state index in [2.05, 4.69) is 4.98 Å². The molecule has 0 aliphatic carbocycles. The third-order valence-corrected chi connectivity index (χ3v) is 2.06. The van der Waals surface area contributed by atoms with Crippen LogP contribution >= 0.6 is 12.4 Å². The molecule has 0 aliphatic heterocycles. The van der Waals surface area contributed by atoms with Gasteiger partial charge in [0.05, 0.1) is 0 Å². The van der Waals surface area contributed by atoms with Crippen molar-refractivity contribution >= 4 is 29.2 Å². The Kier molecular flexibility index (Phi) is 2.81. The van der Waals surface area contributed by atoms with Crippen molar-refractivity contribution in [3.05, 3.63) is 35.5 Å². The number of H-pyrrole nitrogens is 1. The number of carbonyl (C=O) groups is 1. The summed E-state index contributed by atoms with van der Waals surface area (Å²) >= 11 is 0. The van der Waals surface area contributed by atoms with E-state index in [1.807, 2.05) is 25.1 Å². The number of benzene rings is 1. The lowest BCUT2D eigenvalue weighted by molar-refractivity contribution is 0.100. The van der Waals surface area contributed by atoms with Crippen molar-refractivity contribution in [2.45, 2.75) is 6.92 Å². The molecule has 0 fully saturated rings. The van der Waals surface area contributed by atoms with Gasteiger partial charge in [0.15, 0.2) is 0 Å². The number of primary amides is 1. The lowest BCUT2D eigenvalue weighted by Gasteiger charge is -1.95. The second kappa shape index (κ2) is 3.72. The van der Waals surface area contributed by atoms with Crippen LogP contribution in [0.25, 0.3) is 10.9 Å². The van der Waals surface area contributed by atoms with Gasteiger partial charge in [0.2, 0.25) is 5.91 Å². The molecule has 0 atom stereocenters. The number of nitrogens with one attached hydrogen (secondary N) is 1. The number of aromatic nitrogens is 1. The van der Waals surface area contributed by atoms with E-state index in [1.54, 1.807) is 6.07 Å². The molecule has 0 aliphatic rings. The van der Waals surface area contributed by atoms with Crippen molar-refractivity contribution in [1.29, 1.82) is 0 Å². The number of amides is 1. The molecule has 1 aromatic heterocycles. The summed E-state index contributed by atoms with van der Waals surface area (Å²) in [6.07, 6.45) is 0. The van der Waals surface area contributed by atoms with Gasteiger partial charge in [0, 0.05) is 22.2 Å². The van der Waals surface area contributed by atoms with E-state index >= 15 is 0 Å². The average molecular weight is 211 g/mol. The maximum atomic E-state index is 11.0. The molecule has 0 bridgehead atoms. The molecule has 0 saturated heterocycles. The van der Waals surface area contributed by atoms with Crippen molar-refractivity contribution < 1.29 is 4.79 Å². The van der Waals surface area contributed by atoms with Crippen LogP contribution < -0.4 is 5.73 Å². The minimum Gasteiger partial charge on any atom is -0.366 e. The number of nitrogens with two attached hydrogens (primary N) is 1. The maximum Gasteiger partial charge on any atom is 0.249 e. The molecular formula is C10H11ClN2O.